The van der Waals surface area contributed by atoms with Gasteiger partial charge in [0.1, 0.15) is 17.9 Å². The molecule has 3 rings (SSSR count). The topological polar surface area (TPSA) is 91.8 Å². The van der Waals surface area contributed by atoms with E-state index in [9.17, 15) is 4.79 Å². The second-order valence-corrected chi connectivity index (χ2v) is 7.05. The highest BCUT2D eigenvalue weighted by Crippen LogP contribution is 2.12. The van der Waals surface area contributed by atoms with Gasteiger partial charge in [0.25, 0.3) is 0 Å². The number of carbonyl (C=O) groups is 1. The number of rotatable bonds is 6. The molecule has 1 fully saturated rings. The highest BCUT2D eigenvalue weighted by Gasteiger charge is 2.13. The van der Waals surface area contributed by atoms with Crippen LogP contribution < -0.4 is 26.4 Å². The van der Waals surface area contributed by atoms with Gasteiger partial charge in [-0.15, -0.1) is 0 Å². The van der Waals surface area contributed by atoms with Crippen molar-refractivity contribution in [2.45, 2.75) is 26.8 Å². The van der Waals surface area contributed by atoms with E-state index in [1.54, 1.807) is 12.4 Å². The molecule has 2 aromatic rings. The molecule has 0 saturated carbocycles. The van der Waals surface area contributed by atoms with Gasteiger partial charge in [-0.05, 0) is 48.9 Å². The van der Waals surface area contributed by atoms with Crippen molar-refractivity contribution in [1.82, 2.24) is 20.3 Å². The smallest absolute Gasteiger partial charge is 0.145 e. The standard InChI is InChI=1S/C18H23N5.C4H7NO/c1-6-14-9-21-17(19-5)8-15(14)7-13(4)16-10-20-11-18(23-16)22-12(2)3;6-3-4-1-5-2-4/h6-12,19H,4H2,1-3,5H3,(H,22,23);3-5H,1-2H2/b14-6-,15-7-;. The fraction of sp³-hybridized carbons (Fsp3) is 0.364. The lowest BCUT2D eigenvalue weighted by molar-refractivity contribution is -0.112. The molecule has 29 heavy (non-hydrogen) atoms. The highest BCUT2D eigenvalue weighted by molar-refractivity contribution is 5.85. The zero-order valence-corrected chi connectivity index (χ0v) is 17.6. The van der Waals surface area contributed by atoms with Gasteiger partial charge in [0.2, 0.25) is 0 Å². The maximum Gasteiger partial charge on any atom is 0.145 e. The first-order valence-corrected chi connectivity index (χ1v) is 9.72. The fourth-order valence-corrected chi connectivity index (χ4v) is 2.54. The van der Waals surface area contributed by atoms with Crippen molar-refractivity contribution >= 4 is 35.6 Å². The highest BCUT2D eigenvalue weighted by atomic mass is 16.1. The van der Waals surface area contributed by atoms with Crippen LogP contribution in [0.15, 0.2) is 31.2 Å². The Morgan fingerprint density at radius 3 is 2.52 bits per heavy atom. The summed E-state index contributed by atoms with van der Waals surface area (Å²) >= 11 is 0. The van der Waals surface area contributed by atoms with Crippen LogP contribution in [-0.4, -0.2) is 47.4 Å². The molecule has 0 amide bonds. The summed E-state index contributed by atoms with van der Waals surface area (Å²) in [6.45, 7) is 12.0. The minimum atomic E-state index is 0.302. The van der Waals surface area contributed by atoms with Crippen LogP contribution in [0.2, 0.25) is 0 Å². The van der Waals surface area contributed by atoms with E-state index in [0.717, 1.165) is 52.7 Å². The minimum absolute atomic E-state index is 0.302. The summed E-state index contributed by atoms with van der Waals surface area (Å²) in [6.07, 6.45) is 10.3. The summed E-state index contributed by atoms with van der Waals surface area (Å²) in [5.41, 5.74) is 1.56. The average Bonchev–Trinajstić information content (AvgIpc) is 2.67. The Balaban J connectivity index is 0.000000426. The lowest BCUT2D eigenvalue weighted by Crippen LogP contribution is -2.42. The maximum absolute atomic E-state index is 9.75. The quantitative estimate of drug-likeness (QED) is 0.639. The number of hydrogen-bond acceptors (Lipinski definition) is 7. The molecule has 0 bridgehead atoms. The van der Waals surface area contributed by atoms with Gasteiger partial charge in [0, 0.05) is 38.3 Å². The lowest BCUT2D eigenvalue weighted by atomic mass is 10.1. The van der Waals surface area contributed by atoms with Crippen molar-refractivity contribution in [1.29, 1.82) is 0 Å². The molecule has 0 aliphatic carbocycles. The molecular weight excluding hydrogens is 364 g/mol. The summed E-state index contributed by atoms with van der Waals surface area (Å²) < 4.78 is 0. The molecule has 0 unspecified atom stereocenters. The van der Waals surface area contributed by atoms with Crippen molar-refractivity contribution in [3.63, 3.8) is 0 Å². The van der Waals surface area contributed by atoms with E-state index in [1.807, 2.05) is 38.4 Å². The van der Waals surface area contributed by atoms with Gasteiger partial charge >= 0.3 is 0 Å². The van der Waals surface area contributed by atoms with E-state index >= 15 is 0 Å². The van der Waals surface area contributed by atoms with Crippen LogP contribution in [-0.2, 0) is 4.79 Å². The van der Waals surface area contributed by atoms with Gasteiger partial charge in [-0.2, -0.15) is 0 Å². The largest absolute Gasteiger partial charge is 0.373 e. The van der Waals surface area contributed by atoms with Crippen LogP contribution >= 0.6 is 0 Å². The Kier molecular flexibility index (Phi) is 8.48. The van der Waals surface area contributed by atoms with Gasteiger partial charge in [-0.3, -0.25) is 4.98 Å². The second-order valence-electron chi connectivity index (χ2n) is 7.05. The number of pyridine rings is 1. The first-order chi connectivity index (χ1) is 14.0. The molecule has 2 aromatic heterocycles. The predicted molar refractivity (Wildman–Crippen MR) is 120 cm³/mol. The summed E-state index contributed by atoms with van der Waals surface area (Å²) in [4.78, 5) is 22.9. The minimum Gasteiger partial charge on any atom is -0.373 e. The first-order valence-electron chi connectivity index (χ1n) is 9.72. The van der Waals surface area contributed by atoms with Crippen molar-refractivity contribution in [3.05, 3.63) is 47.4 Å². The van der Waals surface area contributed by atoms with E-state index in [-0.39, 0.29) is 0 Å². The third kappa shape index (κ3) is 6.80. The van der Waals surface area contributed by atoms with Gasteiger partial charge in [-0.25, -0.2) is 9.97 Å². The number of nitrogens with one attached hydrogen (secondary N) is 3. The molecule has 0 aromatic carbocycles. The molecular formula is C22H30N6O. The van der Waals surface area contributed by atoms with E-state index in [0.29, 0.717) is 12.0 Å². The van der Waals surface area contributed by atoms with Crippen molar-refractivity contribution in [2.24, 2.45) is 5.92 Å². The third-order valence-electron chi connectivity index (χ3n) is 4.27. The molecule has 154 valence electrons. The van der Waals surface area contributed by atoms with Crippen molar-refractivity contribution in [2.75, 3.05) is 30.8 Å². The second kappa shape index (κ2) is 11.1. The summed E-state index contributed by atoms with van der Waals surface area (Å²) in [6, 6.07) is 2.29. The molecule has 3 N–H and O–H groups in total. The monoisotopic (exact) mass is 394 g/mol. The van der Waals surface area contributed by atoms with Crippen LogP contribution in [0.3, 0.4) is 0 Å². The average molecular weight is 395 g/mol. The number of carbonyl (C=O) groups excluding carboxylic acids is 1. The molecule has 1 saturated heterocycles. The Labute approximate surface area is 172 Å². The Hall–Kier alpha value is -3.06. The van der Waals surface area contributed by atoms with Crippen LogP contribution in [0, 0.1) is 5.92 Å². The zero-order valence-electron chi connectivity index (χ0n) is 17.6. The van der Waals surface area contributed by atoms with Crippen LogP contribution in [0.1, 0.15) is 26.5 Å². The van der Waals surface area contributed by atoms with E-state index < -0.39 is 0 Å². The van der Waals surface area contributed by atoms with E-state index in [2.05, 4.69) is 51.3 Å². The Bertz CT molecular complexity index is 950. The van der Waals surface area contributed by atoms with Crippen LogP contribution in [0.4, 0.5) is 11.6 Å². The molecule has 0 atom stereocenters. The molecule has 1 aliphatic rings. The molecule has 7 heteroatoms. The number of anilines is 2. The molecule has 0 radical (unpaired) electrons. The molecule has 3 heterocycles. The third-order valence-corrected chi connectivity index (χ3v) is 4.27. The normalized spacial score (nSPS) is 14.7. The molecule has 7 nitrogen and oxygen atoms in total. The zero-order chi connectivity index (χ0) is 21.2. The number of allylic oxidation sites excluding steroid dienone is 1. The van der Waals surface area contributed by atoms with Crippen molar-refractivity contribution < 1.29 is 4.79 Å². The molecule has 1 aliphatic heterocycles. The van der Waals surface area contributed by atoms with Crippen LogP contribution in [0.5, 0.6) is 0 Å². The number of aldehydes is 1. The summed E-state index contributed by atoms with van der Waals surface area (Å²) in [7, 11) is 1.85. The fourth-order valence-electron chi connectivity index (χ4n) is 2.54. The van der Waals surface area contributed by atoms with Gasteiger partial charge < -0.3 is 20.7 Å². The number of hydrogen-bond donors (Lipinski definition) is 3. The predicted octanol–water partition coefficient (Wildman–Crippen LogP) is 1.43. The Morgan fingerprint density at radius 2 is 2.00 bits per heavy atom. The first kappa shape index (κ1) is 22.2. The molecule has 0 spiro atoms. The van der Waals surface area contributed by atoms with Gasteiger partial charge in [0.15, 0.2) is 0 Å². The summed E-state index contributed by atoms with van der Waals surface area (Å²) in [5, 5.41) is 11.4. The lowest BCUT2D eigenvalue weighted by Gasteiger charge is -2.20. The van der Waals surface area contributed by atoms with Gasteiger partial charge in [-0.1, -0.05) is 12.7 Å². The number of aromatic nitrogens is 3. The van der Waals surface area contributed by atoms with Gasteiger partial charge in [0.05, 0.1) is 18.1 Å². The van der Waals surface area contributed by atoms with E-state index in [1.165, 1.54) is 0 Å². The van der Waals surface area contributed by atoms with Crippen molar-refractivity contribution in [3.8, 4) is 0 Å². The van der Waals surface area contributed by atoms with E-state index in [4.69, 9.17) is 0 Å². The summed E-state index contributed by atoms with van der Waals surface area (Å²) in [5.74, 6) is 1.89. The Morgan fingerprint density at radius 1 is 1.24 bits per heavy atom. The SMILES string of the molecule is C=C(/C=c1/cc(NC)nc/c1=C/C)c1cncc(NC(C)C)n1.O=CC1CNC1. The van der Waals surface area contributed by atoms with Crippen LogP contribution in [0.25, 0.3) is 17.7 Å². The number of nitrogens with zero attached hydrogens (tertiary/aromatic N) is 3. The maximum atomic E-state index is 9.75.